The summed E-state index contributed by atoms with van der Waals surface area (Å²) in [6, 6.07) is 18.6. The van der Waals surface area contributed by atoms with Gasteiger partial charge in [-0.1, -0.05) is 79.1 Å². The van der Waals surface area contributed by atoms with Crippen LogP contribution in [-0.2, 0) is 4.79 Å². The fourth-order valence-corrected chi connectivity index (χ4v) is 3.68. The Hall–Kier alpha value is -2.33. The second-order valence-corrected chi connectivity index (χ2v) is 6.89. The minimum Gasteiger partial charge on any atom is -0.303 e. The maximum atomic E-state index is 12.1. The minimum absolute atomic E-state index is 0.0314. The molecule has 0 saturated heterocycles. The Kier molecular flexibility index (Phi) is 5.16. The Labute approximate surface area is 145 Å². The van der Waals surface area contributed by atoms with Crippen LogP contribution < -0.4 is 0 Å². The Morgan fingerprint density at radius 3 is 2.25 bits per heavy atom. The molecule has 0 spiro atoms. The maximum absolute atomic E-state index is 12.1. The van der Waals surface area contributed by atoms with Gasteiger partial charge < -0.3 is 4.79 Å². The van der Waals surface area contributed by atoms with E-state index in [-0.39, 0.29) is 11.3 Å². The predicted octanol–water partition coefficient (Wildman–Crippen LogP) is 5.28. The fourth-order valence-electron chi connectivity index (χ4n) is 3.68. The molecule has 3 rings (SSSR count). The zero-order valence-electron chi connectivity index (χ0n) is 14.3. The average Bonchev–Trinajstić information content (AvgIpc) is 2.65. The van der Waals surface area contributed by atoms with Crippen molar-refractivity contribution in [2.24, 2.45) is 5.41 Å². The van der Waals surface area contributed by atoms with Crippen molar-refractivity contribution >= 4 is 6.29 Å². The van der Waals surface area contributed by atoms with Crippen molar-refractivity contribution in [1.29, 1.82) is 0 Å². The van der Waals surface area contributed by atoms with Gasteiger partial charge in [-0.25, -0.2) is 0 Å². The number of hydrogen-bond acceptors (Lipinski definition) is 1. The van der Waals surface area contributed by atoms with E-state index in [1.807, 2.05) is 30.3 Å². The number of carbonyl (C=O) groups excluding carboxylic acids is 1. The topological polar surface area (TPSA) is 17.1 Å². The van der Waals surface area contributed by atoms with Crippen molar-refractivity contribution in [2.45, 2.75) is 44.9 Å². The summed E-state index contributed by atoms with van der Waals surface area (Å²) >= 11 is 0. The van der Waals surface area contributed by atoms with Crippen LogP contribution in [0.25, 0.3) is 0 Å². The van der Waals surface area contributed by atoms with Gasteiger partial charge in [-0.2, -0.15) is 0 Å². The third-order valence-electron chi connectivity index (χ3n) is 5.14. The van der Waals surface area contributed by atoms with Crippen molar-refractivity contribution in [3.8, 4) is 11.8 Å². The molecule has 1 aliphatic carbocycles. The number of hydrogen-bond donors (Lipinski definition) is 0. The summed E-state index contributed by atoms with van der Waals surface area (Å²) in [5, 5.41) is 0. The highest BCUT2D eigenvalue weighted by Crippen LogP contribution is 2.45. The summed E-state index contributed by atoms with van der Waals surface area (Å²) in [5.74, 6) is 6.73. The largest absolute Gasteiger partial charge is 0.303 e. The summed E-state index contributed by atoms with van der Waals surface area (Å²) < 4.78 is 0. The number of rotatable bonds is 3. The lowest BCUT2D eigenvalue weighted by atomic mass is 9.65. The highest BCUT2D eigenvalue weighted by Gasteiger charge is 2.39. The average molecular weight is 316 g/mol. The van der Waals surface area contributed by atoms with E-state index in [0.717, 1.165) is 36.8 Å². The first-order valence-corrected chi connectivity index (χ1v) is 8.83. The second kappa shape index (κ2) is 7.49. The third kappa shape index (κ3) is 3.60. The SMILES string of the molecule is Cc1ccc(C(C#Cc2ccccc2)C2(C=O)CCCCC2)cc1. The predicted molar refractivity (Wildman–Crippen MR) is 98.8 cm³/mol. The van der Waals surface area contributed by atoms with Crippen molar-refractivity contribution in [2.75, 3.05) is 0 Å². The van der Waals surface area contributed by atoms with Gasteiger partial charge in [0.15, 0.2) is 0 Å². The second-order valence-electron chi connectivity index (χ2n) is 6.89. The van der Waals surface area contributed by atoms with Crippen LogP contribution >= 0.6 is 0 Å². The summed E-state index contributed by atoms with van der Waals surface area (Å²) in [7, 11) is 0. The van der Waals surface area contributed by atoms with Crippen LogP contribution in [0.4, 0.5) is 0 Å². The minimum atomic E-state index is -0.338. The molecule has 0 heterocycles. The molecule has 1 aliphatic rings. The van der Waals surface area contributed by atoms with Gasteiger partial charge in [0.2, 0.25) is 0 Å². The van der Waals surface area contributed by atoms with Gasteiger partial charge in [-0.05, 0) is 37.5 Å². The Balaban J connectivity index is 2.02. The Bertz CT molecular complexity index is 725. The maximum Gasteiger partial charge on any atom is 0.127 e. The van der Waals surface area contributed by atoms with Crippen LogP contribution in [0.1, 0.15) is 54.7 Å². The van der Waals surface area contributed by atoms with E-state index in [1.54, 1.807) is 0 Å². The zero-order chi connectivity index (χ0) is 16.8. The number of carbonyl (C=O) groups is 1. The molecule has 1 unspecified atom stereocenters. The molecule has 0 bridgehead atoms. The summed E-state index contributed by atoms with van der Waals surface area (Å²) in [6.45, 7) is 2.09. The van der Waals surface area contributed by atoms with E-state index in [2.05, 4.69) is 43.0 Å². The molecule has 1 heteroatoms. The smallest absolute Gasteiger partial charge is 0.127 e. The molecule has 1 nitrogen and oxygen atoms in total. The first-order valence-electron chi connectivity index (χ1n) is 8.83. The Morgan fingerprint density at radius 2 is 1.62 bits per heavy atom. The van der Waals surface area contributed by atoms with Crippen LogP contribution in [0, 0.1) is 24.2 Å². The van der Waals surface area contributed by atoms with E-state index in [0.29, 0.717) is 0 Å². The van der Waals surface area contributed by atoms with Gasteiger partial charge in [-0.15, -0.1) is 0 Å². The number of aldehydes is 1. The van der Waals surface area contributed by atoms with Gasteiger partial charge in [0.05, 0.1) is 5.92 Å². The first kappa shape index (κ1) is 16.5. The van der Waals surface area contributed by atoms with Crippen LogP contribution in [-0.4, -0.2) is 6.29 Å². The van der Waals surface area contributed by atoms with E-state index < -0.39 is 0 Å². The van der Waals surface area contributed by atoms with Gasteiger partial charge in [0.1, 0.15) is 6.29 Å². The monoisotopic (exact) mass is 316 g/mol. The number of benzene rings is 2. The molecular weight excluding hydrogens is 292 g/mol. The number of aryl methyl sites for hydroxylation is 1. The molecule has 2 aromatic carbocycles. The van der Waals surface area contributed by atoms with Crippen LogP contribution in [0.15, 0.2) is 54.6 Å². The van der Waals surface area contributed by atoms with E-state index >= 15 is 0 Å². The molecule has 0 aliphatic heterocycles. The molecule has 0 aromatic heterocycles. The highest BCUT2D eigenvalue weighted by atomic mass is 16.1. The zero-order valence-corrected chi connectivity index (χ0v) is 14.3. The molecule has 122 valence electrons. The Morgan fingerprint density at radius 1 is 0.958 bits per heavy atom. The van der Waals surface area contributed by atoms with Crippen molar-refractivity contribution in [1.82, 2.24) is 0 Å². The van der Waals surface area contributed by atoms with Crippen molar-refractivity contribution in [3.63, 3.8) is 0 Å². The molecule has 0 N–H and O–H groups in total. The molecule has 1 saturated carbocycles. The molecule has 2 aromatic rings. The van der Waals surface area contributed by atoms with E-state index in [1.165, 1.54) is 18.3 Å². The molecule has 1 fully saturated rings. The molecule has 0 amide bonds. The summed E-state index contributed by atoms with van der Waals surface area (Å²) in [4.78, 5) is 12.1. The molecule has 0 radical (unpaired) electrons. The normalized spacial score (nSPS) is 17.4. The van der Waals surface area contributed by atoms with Gasteiger partial charge >= 0.3 is 0 Å². The van der Waals surface area contributed by atoms with Crippen LogP contribution in [0.5, 0.6) is 0 Å². The lowest BCUT2D eigenvalue weighted by Crippen LogP contribution is -2.32. The standard InChI is InChI=1S/C23H24O/c1-19-10-13-21(14-11-19)22(15-12-20-8-4-2-5-9-20)23(18-24)16-6-3-7-17-23/h2,4-5,8-11,13-14,18,22H,3,6-7,16-17H2,1H3. The van der Waals surface area contributed by atoms with E-state index in [9.17, 15) is 4.79 Å². The van der Waals surface area contributed by atoms with Crippen LogP contribution in [0.3, 0.4) is 0 Å². The van der Waals surface area contributed by atoms with Crippen LogP contribution in [0.2, 0.25) is 0 Å². The highest BCUT2D eigenvalue weighted by molar-refractivity contribution is 5.64. The lowest BCUT2D eigenvalue weighted by molar-refractivity contribution is -0.118. The third-order valence-corrected chi connectivity index (χ3v) is 5.14. The molecule has 1 atom stereocenters. The lowest BCUT2D eigenvalue weighted by Gasteiger charge is -2.37. The first-order chi connectivity index (χ1) is 11.7. The van der Waals surface area contributed by atoms with Gasteiger partial charge in [0.25, 0.3) is 0 Å². The fraction of sp³-hybridized carbons (Fsp3) is 0.348. The molecular formula is C23H24O. The van der Waals surface area contributed by atoms with Crippen molar-refractivity contribution < 1.29 is 4.79 Å². The summed E-state index contributed by atoms with van der Waals surface area (Å²) in [6.07, 6.45) is 6.54. The quantitative estimate of drug-likeness (QED) is 0.556. The summed E-state index contributed by atoms with van der Waals surface area (Å²) in [5.41, 5.74) is 3.07. The molecule has 24 heavy (non-hydrogen) atoms. The van der Waals surface area contributed by atoms with Gasteiger partial charge in [-0.3, -0.25) is 0 Å². The van der Waals surface area contributed by atoms with Crippen molar-refractivity contribution in [3.05, 3.63) is 71.3 Å². The van der Waals surface area contributed by atoms with E-state index in [4.69, 9.17) is 0 Å². The van der Waals surface area contributed by atoms with Gasteiger partial charge in [0, 0.05) is 11.0 Å².